The number of hydrogen-bond acceptors (Lipinski definition) is 4. The van der Waals surface area contributed by atoms with E-state index < -0.39 is 28.9 Å². The van der Waals surface area contributed by atoms with Crippen LogP contribution < -0.4 is 4.80 Å². The number of amides is 1. The number of hydrogen-bond donors (Lipinski definition) is 0. The molecule has 0 N–H and O–H groups in total. The number of thiazole rings is 1. The Labute approximate surface area is 141 Å². The molecule has 0 atom stereocenters. The van der Waals surface area contributed by atoms with E-state index in [1.165, 1.54) is 4.57 Å². The van der Waals surface area contributed by atoms with Gasteiger partial charge in [-0.2, -0.15) is 4.99 Å². The number of carbonyl (C=O) groups excluding carboxylic acids is 2. The molecule has 1 heterocycles. The molecule has 2 aromatic rings. The predicted octanol–water partition coefficient (Wildman–Crippen LogP) is 3.02. The summed E-state index contributed by atoms with van der Waals surface area (Å²) in [7, 11) is 0. The summed E-state index contributed by atoms with van der Waals surface area (Å²) >= 11 is 0.944. The maximum absolute atomic E-state index is 14.2. The van der Waals surface area contributed by atoms with Crippen LogP contribution in [0.5, 0.6) is 0 Å². The molecule has 0 spiro atoms. The maximum atomic E-state index is 14.2. The van der Waals surface area contributed by atoms with Crippen LogP contribution >= 0.6 is 11.3 Å². The van der Waals surface area contributed by atoms with E-state index in [1.807, 2.05) is 0 Å². The standard InChI is InChI=1S/C16H18F2N2O3S/c1-5-23-12(21)8-20-13-10(18)6-9(17)7-11(13)24-15(20)19-14(22)16(2,3)4/h6-7H,5,8H2,1-4H3. The first-order valence-corrected chi connectivity index (χ1v) is 8.18. The molecule has 1 aromatic heterocycles. The lowest BCUT2D eigenvalue weighted by molar-refractivity contribution is -0.143. The molecule has 1 amide bonds. The molecule has 1 aromatic carbocycles. The van der Waals surface area contributed by atoms with Gasteiger partial charge in [0.05, 0.1) is 16.8 Å². The third-order valence-electron chi connectivity index (χ3n) is 3.13. The average Bonchev–Trinajstić information content (AvgIpc) is 2.75. The first-order valence-electron chi connectivity index (χ1n) is 7.36. The smallest absolute Gasteiger partial charge is 0.326 e. The summed E-state index contributed by atoms with van der Waals surface area (Å²) in [4.78, 5) is 28.1. The third kappa shape index (κ3) is 3.87. The van der Waals surface area contributed by atoms with Crippen molar-refractivity contribution >= 4 is 33.4 Å². The van der Waals surface area contributed by atoms with Crippen molar-refractivity contribution in [1.29, 1.82) is 0 Å². The summed E-state index contributed by atoms with van der Waals surface area (Å²) in [5.41, 5.74) is -0.711. The van der Waals surface area contributed by atoms with Crippen LogP contribution in [0.2, 0.25) is 0 Å². The van der Waals surface area contributed by atoms with Gasteiger partial charge in [-0.1, -0.05) is 32.1 Å². The van der Waals surface area contributed by atoms with Crippen molar-refractivity contribution in [2.24, 2.45) is 10.4 Å². The average molecular weight is 356 g/mol. The monoisotopic (exact) mass is 356 g/mol. The molecule has 0 aliphatic carbocycles. The number of fused-ring (bicyclic) bond motifs is 1. The van der Waals surface area contributed by atoms with E-state index in [9.17, 15) is 18.4 Å². The maximum Gasteiger partial charge on any atom is 0.326 e. The van der Waals surface area contributed by atoms with Crippen LogP contribution in [-0.4, -0.2) is 23.1 Å². The van der Waals surface area contributed by atoms with E-state index in [0.29, 0.717) is 0 Å². The van der Waals surface area contributed by atoms with Gasteiger partial charge in [0.1, 0.15) is 12.4 Å². The summed E-state index contributed by atoms with van der Waals surface area (Å²) in [5.74, 6) is -2.58. The Morgan fingerprint density at radius 3 is 2.54 bits per heavy atom. The zero-order valence-corrected chi connectivity index (χ0v) is 14.7. The summed E-state index contributed by atoms with van der Waals surface area (Å²) in [6, 6.07) is 1.87. The largest absolute Gasteiger partial charge is 0.465 e. The van der Waals surface area contributed by atoms with Gasteiger partial charge in [-0.05, 0) is 13.0 Å². The van der Waals surface area contributed by atoms with Crippen LogP contribution in [0.4, 0.5) is 8.78 Å². The molecule has 0 unspecified atom stereocenters. The number of carbonyl (C=O) groups is 2. The second kappa shape index (κ2) is 6.80. The summed E-state index contributed by atoms with van der Waals surface area (Å²) in [6.07, 6.45) is 0. The van der Waals surface area contributed by atoms with Crippen molar-refractivity contribution in [2.45, 2.75) is 34.2 Å². The highest BCUT2D eigenvalue weighted by molar-refractivity contribution is 7.16. The van der Waals surface area contributed by atoms with Gasteiger partial charge in [0.2, 0.25) is 0 Å². The summed E-state index contributed by atoms with van der Waals surface area (Å²) < 4.78 is 34.0. The fourth-order valence-electron chi connectivity index (χ4n) is 1.95. The molecule has 0 radical (unpaired) electrons. The van der Waals surface area contributed by atoms with Crippen LogP contribution in [0.25, 0.3) is 10.2 Å². The number of aromatic nitrogens is 1. The normalized spacial score (nSPS) is 12.7. The van der Waals surface area contributed by atoms with E-state index in [1.54, 1.807) is 27.7 Å². The SMILES string of the molecule is CCOC(=O)Cn1c(=NC(=O)C(C)(C)C)sc2cc(F)cc(F)c21. The Balaban J connectivity index is 2.69. The Kier molecular flexibility index (Phi) is 5.17. The number of esters is 1. The Hall–Kier alpha value is -2.09. The quantitative estimate of drug-likeness (QED) is 0.794. The fourth-order valence-corrected chi connectivity index (χ4v) is 3.02. The van der Waals surface area contributed by atoms with E-state index in [-0.39, 0.29) is 28.2 Å². The lowest BCUT2D eigenvalue weighted by Crippen LogP contribution is -2.26. The molecule has 130 valence electrons. The fraction of sp³-hybridized carbons (Fsp3) is 0.438. The van der Waals surface area contributed by atoms with Crippen LogP contribution in [0, 0.1) is 17.0 Å². The number of rotatable bonds is 3. The molecule has 5 nitrogen and oxygen atoms in total. The van der Waals surface area contributed by atoms with Gasteiger partial charge in [-0.15, -0.1) is 0 Å². The number of ether oxygens (including phenoxy) is 1. The van der Waals surface area contributed by atoms with E-state index in [2.05, 4.69) is 4.99 Å². The minimum Gasteiger partial charge on any atom is -0.465 e. The highest BCUT2D eigenvalue weighted by Gasteiger charge is 2.22. The lowest BCUT2D eigenvalue weighted by atomic mass is 9.96. The number of benzene rings is 1. The van der Waals surface area contributed by atoms with Crippen LogP contribution in [0.15, 0.2) is 17.1 Å². The van der Waals surface area contributed by atoms with Gasteiger partial charge in [0.25, 0.3) is 5.91 Å². The Bertz CT molecular complexity index is 863. The number of nitrogens with zero attached hydrogens (tertiary/aromatic N) is 2. The lowest BCUT2D eigenvalue weighted by Gasteiger charge is -2.12. The Morgan fingerprint density at radius 1 is 1.29 bits per heavy atom. The molecule has 8 heteroatoms. The van der Waals surface area contributed by atoms with Crippen molar-refractivity contribution < 1.29 is 23.1 Å². The minimum absolute atomic E-state index is 0.0231. The Morgan fingerprint density at radius 2 is 1.96 bits per heavy atom. The topological polar surface area (TPSA) is 60.7 Å². The third-order valence-corrected chi connectivity index (χ3v) is 4.15. The van der Waals surface area contributed by atoms with Crippen molar-refractivity contribution in [3.05, 3.63) is 28.6 Å². The molecule has 0 bridgehead atoms. The van der Waals surface area contributed by atoms with E-state index >= 15 is 0 Å². The van der Waals surface area contributed by atoms with Crippen LogP contribution in [0.1, 0.15) is 27.7 Å². The molecule has 0 fully saturated rings. The molecular weight excluding hydrogens is 338 g/mol. The van der Waals surface area contributed by atoms with Gasteiger partial charge in [-0.25, -0.2) is 8.78 Å². The van der Waals surface area contributed by atoms with Crippen molar-refractivity contribution in [3.8, 4) is 0 Å². The van der Waals surface area contributed by atoms with Gasteiger partial charge >= 0.3 is 5.97 Å². The highest BCUT2D eigenvalue weighted by atomic mass is 32.1. The van der Waals surface area contributed by atoms with Crippen LogP contribution in [-0.2, 0) is 20.9 Å². The van der Waals surface area contributed by atoms with E-state index in [4.69, 9.17) is 4.74 Å². The molecule has 0 aliphatic heterocycles. The molecular formula is C16H18F2N2O3S. The summed E-state index contributed by atoms with van der Waals surface area (Å²) in [5, 5.41) is 0. The second-order valence-corrected chi connectivity index (χ2v) is 7.19. The van der Waals surface area contributed by atoms with Crippen molar-refractivity contribution in [3.63, 3.8) is 0 Å². The zero-order chi connectivity index (χ0) is 18.1. The predicted molar refractivity (Wildman–Crippen MR) is 86.4 cm³/mol. The van der Waals surface area contributed by atoms with Crippen molar-refractivity contribution in [2.75, 3.05) is 6.61 Å². The minimum atomic E-state index is -0.824. The first kappa shape index (κ1) is 18.3. The molecule has 0 saturated heterocycles. The molecule has 0 saturated carbocycles. The van der Waals surface area contributed by atoms with E-state index in [0.717, 1.165) is 23.5 Å². The first-order chi connectivity index (χ1) is 11.1. The van der Waals surface area contributed by atoms with Crippen molar-refractivity contribution in [1.82, 2.24) is 4.57 Å². The van der Waals surface area contributed by atoms with Gasteiger partial charge < -0.3 is 9.30 Å². The molecule has 0 aliphatic rings. The molecule has 24 heavy (non-hydrogen) atoms. The van der Waals surface area contributed by atoms with Crippen LogP contribution in [0.3, 0.4) is 0 Å². The summed E-state index contributed by atoms with van der Waals surface area (Å²) in [6.45, 7) is 6.60. The zero-order valence-electron chi connectivity index (χ0n) is 13.9. The highest BCUT2D eigenvalue weighted by Crippen LogP contribution is 2.23. The number of halogens is 2. The van der Waals surface area contributed by atoms with Gasteiger partial charge in [0.15, 0.2) is 10.6 Å². The van der Waals surface area contributed by atoms with Gasteiger partial charge in [0, 0.05) is 11.5 Å². The van der Waals surface area contributed by atoms with Gasteiger partial charge in [-0.3, -0.25) is 9.59 Å². The second-order valence-electron chi connectivity index (χ2n) is 6.18. The molecule has 2 rings (SSSR count).